The molecule has 156 valence electrons. The Hall–Kier alpha value is -3.78. The summed E-state index contributed by atoms with van der Waals surface area (Å²) in [5.41, 5.74) is 6.96. The lowest BCUT2D eigenvalue weighted by atomic mass is 9.92. The first-order valence-electron chi connectivity index (χ1n) is 10.0. The Morgan fingerprint density at radius 3 is 2.74 bits per heavy atom. The Kier molecular flexibility index (Phi) is 4.83. The van der Waals surface area contributed by atoms with E-state index >= 15 is 0 Å². The van der Waals surface area contributed by atoms with Gasteiger partial charge in [0.2, 0.25) is 0 Å². The van der Waals surface area contributed by atoms with E-state index in [4.69, 9.17) is 9.51 Å². The molecule has 3 heterocycles. The lowest BCUT2D eigenvalue weighted by Gasteiger charge is -2.28. The van der Waals surface area contributed by atoms with Crippen molar-refractivity contribution in [1.82, 2.24) is 25.7 Å². The minimum atomic E-state index is -0.343. The first-order chi connectivity index (χ1) is 15.1. The SMILES string of the molecule is CC1=CC=CCC1c1noc(C2=C(c3ccncc3)N(c3ccccc3F)N(C)N2)n1. The Balaban J connectivity index is 1.63. The molecule has 0 spiro atoms. The minimum Gasteiger partial charge on any atom is -0.332 e. The van der Waals surface area contributed by atoms with E-state index in [0.717, 1.165) is 12.0 Å². The molecule has 0 bridgehead atoms. The fourth-order valence-electron chi connectivity index (χ4n) is 3.88. The summed E-state index contributed by atoms with van der Waals surface area (Å²) in [5, 5.41) is 7.69. The predicted octanol–water partition coefficient (Wildman–Crippen LogP) is 4.29. The molecular weight excluding hydrogens is 395 g/mol. The van der Waals surface area contributed by atoms with Crippen LogP contribution in [0.4, 0.5) is 10.1 Å². The van der Waals surface area contributed by atoms with Gasteiger partial charge < -0.3 is 4.52 Å². The minimum absolute atomic E-state index is 0.0780. The molecule has 0 saturated carbocycles. The average molecular weight is 416 g/mol. The molecule has 0 fully saturated rings. The highest BCUT2D eigenvalue weighted by Gasteiger charge is 2.35. The van der Waals surface area contributed by atoms with E-state index in [1.54, 1.807) is 47.8 Å². The third-order valence-electron chi connectivity index (χ3n) is 5.44. The molecule has 1 atom stereocenters. The van der Waals surface area contributed by atoms with Crippen LogP contribution in [0.25, 0.3) is 11.4 Å². The number of anilines is 1. The van der Waals surface area contributed by atoms with Crippen LogP contribution < -0.4 is 10.4 Å². The van der Waals surface area contributed by atoms with Gasteiger partial charge in [-0.2, -0.15) is 4.98 Å². The summed E-state index contributed by atoms with van der Waals surface area (Å²) in [6.45, 7) is 2.06. The van der Waals surface area contributed by atoms with Crippen LogP contribution in [0.5, 0.6) is 0 Å². The molecule has 2 aliphatic rings. The maximum Gasteiger partial charge on any atom is 0.277 e. The summed E-state index contributed by atoms with van der Waals surface area (Å²) in [5.74, 6) is 0.706. The van der Waals surface area contributed by atoms with E-state index < -0.39 is 0 Å². The van der Waals surface area contributed by atoms with Crippen molar-refractivity contribution >= 4 is 17.1 Å². The number of benzene rings is 1. The molecule has 1 aliphatic carbocycles. The van der Waals surface area contributed by atoms with Crippen molar-refractivity contribution in [2.24, 2.45) is 0 Å². The molecule has 5 rings (SSSR count). The standard InChI is InChI=1S/C23H21FN6O/c1-15-7-3-4-8-17(15)22-26-23(31-28-22)20-21(16-11-13-25-14-12-16)30(29(2)27-20)19-10-6-5-9-18(19)24/h3-7,9-14,17,27H,8H2,1-2H3. The number of halogens is 1. The zero-order valence-electron chi connectivity index (χ0n) is 17.2. The molecule has 1 aliphatic heterocycles. The van der Waals surface area contributed by atoms with E-state index in [1.165, 1.54) is 11.6 Å². The third kappa shape index (κ3) is 3.40. The van der Waals surface area contributed by atoms with Crippen molar-refractivity contribution in [1.29, 1.82) is 0 Å². The topological polar surface area (TPSA) is 70.3 Å². The number of rotatable bonds is 4. The van der Waals surface area contributed by atoms with Crippen LogP contribution in [-0.4, -0.2) is 27.3 Å². The third-order valence-corrected chi connectivity index (χ3v) is 5.44. The second kappa shape index (κ2) is 7.81. The summed E-state index contributed by atoms with van der Waals surface area (Å²) >= 11 is 0. The second-order valence-corrected chi connectivity index (χ2v) is 7.44. The number of nitrogens with one attached hydrogen (secondary N) is 1. The Morgan fingerprint density at radius 1 is 1.16 bits per heavy atom. The molecule has 0 saturated heterocycles. The molecule has 3 aromatic rings. The average Bonchev–Trinajstić information content (AvgIpc) is 3.40. The highest BCUT2D eigenvalue weighted by Crippen LogP contribution is 2.38. The lowest BCUT2D eigenvalue weighted by Crippen LogP contribution is -2.40. The number of aromatic nitrogens is 3. The summed E-state index contributed by atoms with van der Waals surface area (Å²) < 4.78 is 20.4. The van der Waals surface area contributed by atoms with Crippen LogP contribution in [0.3, 0.4) is 0 Å². The molecule has 0 radical (unpaired) electrons. The zero-order chi connectivity index (χ0) is 21.4. The van der Waals surface area contributed by atoms with Crippen LogP contribution in [0.2, 0.25) is 0 Å². The van der Waals surface area contributed by atoms with Crippen LogP contribution in [0.15, 0.2) is 77.1 Å². The van der Waals surface area contributed by atoms with Gasteiger partial charge in [-0.15, -0.1) is 5.12 Å². The highest BCUT2D eigenvalue weighted by molar-refractivity contribution is 5.96. The van der Waals surface area contributed by atoms with Crippen LogP contribution in [-0.2, 0) is 0 Å². The number of hydrazine groups is 2. The first-order valence-corrected chi connectivity index (χ1v) is 10.0. The first kappa shape index (κ1) is 19.2. The van der Waals surface area contributed by atoms with E-state index in [2.05, 4.69) is 34.6 Å². The molecule has 7 nitrogen and oxygen atoms in total. The molecule has 31 heavy (non-hydrogen) atoms. The molecule has 1 unspecified atom stereocenters. The van der Waals surface area contributed by atoms with Gasteiger partial charge in [-0.05, 0) is 37.6 Å². The van der Waals surface area contributed by atoms with E-state index in [-0.39, 0.29) is 11.7 Å². The van der Waals surface area contributed by atoms with E-state index in [0.29, 0.717) is 28.8 Å². The smallest absolute Gasteiger partial charge is 0.277 e. The monoisotopic (exact) mass is 416 g/mol. The van der Waals surface area contributed by atoms with Crippen molar-refractivity contribution in [3.63, 3.8) is 0 Å². The van der Waals surface area contributed by atoms with E-state index in [9.17, 15) is 4.39 Å². The molecule has 1 aromatic carbocycles. The summed E-state index contributed by atoms with van der Waals surface area (Å²) in [6, 6.07) is 10.3. The molecule has 2 aromatic heterocycles. The lowest BCUT2D eigenvalue weighted by molar-refractivity contribution is 0.302. The number of hydrogen-bond acceptors (Lipinski definition) is 7. The Bertz CT molecular complexity index is 1200. The summed E-state index contributed by atoms with van der Waals surface area (Å²) in [7, 11) is 1.80. The maximum absolute atomic E-state index is 14.7. The summed E-state index contributed by atoms with van der Waals surface area (Å²) in [4.78, 5) is 8.80. The van der Waals surface area contributed by atoms with Crippen molar-refractivity contribution in [2.75, 3.05) is 12.1 Å². The van der Waals surface area contributed by atoms with Gasteiger partial charge in [0, 0.05) is 30.9 Å². The largest absolute Gasteiger partial charge is 0.332 e. The fraction of sp³-hybridized carbons (Fsp3) is 0.174. The van der Waals surface area contributed by atoms with Crippen molar-refractivity contribution in [3.05, 3.63) is 95.7 Å². The quantitative estimate of drug-likeness (QED) is 0.680. The normalized spacial score (nSPS) is 19.0. The number of para-hydroxylation sites is 1. The molecule has 8 heteroatoms. The van der Waals surface area contributed by atoms with Gasteiger partial charge in [0.25, 0.3) is 5.89 Å². The Labute approximate surface area is 179 Å². The van der Waals surface area contributed by atoms with E-state index in [1.807, 2.05) is 18.2 Å². The van der Waals surface area contributed by atoms with Crippen LogP contribution in [0.1, 0.15) is 36.5 Å². The van der Waals surface area contributed by atoms with Crippen molar-refractivity contribution < 1.29 is 8.91 Å². The zero-order valence-corrected chi connectivity index (χ0v) is 17.2. The summed E-state index contributed by atoms with van der Waals surface area (Å²) in [6.07, 6.45) is 10.4. The van der Waals surface area contributed by atoms with Crippen molar-refractivity contribution in [2.45, 2.75) is 19.3 Å². The van der Waals surface area contributed by atoms with Gasteiger partial charge in [-0.3, -0.25) is 15.4 Å². The number of allylic oxidation sites excluding steroid dienone is 4. The predicted molar refractivity (Wildman–Crippen MR) is 115 cm³/mol. The maximum atomic E-state index is 14.7. The Morgan fingerprint density at radius 2 is 1.97 bits per heavy atom. The number of nitrogens with zero attached hydrogens (tertiary/aromatic N) is 5. The molecule has 1 N–H and O–H groups in total. The van der Waals surface area contributed by atoms with Gasteiger partial charge in [-0.25, -0.2) is 4.39 Å². The van der Waals surface area contributed by atoms with Gasteiger partial charge in [-0.1, -0.05) is 41.1 Å². The molecular formula is C23H21FN6O. The van der Waals surface area contributed by atoms with Crippen LogP contribution >= 0.6 is 0 Å². The van der Waals surface area contributed by atoms with Crippen molar-refractivity contribution in [3.8, 4) is 0 Å². The van der Waals surface area contributed by atoms with Gasteiger partial charge >= 0.3 is 0 Å². The number of pyridine rings is 1. The van der Waals surface area contributed by atoms with Gasteiger partial charge in [0.1, 0.15) is 11.5 Å². The van der Waals surface area contributed by atoms with Gasteiger partial charge in [0.05, 0.1) is 11.4 Å². The second-order valence-electron chi connectivity index (χ2n) is 7.44. The van der Waals surface area contributed by atoms with Crippen LogP contribution in [0, 0.1) is 5.82 Å². The molecule has 0 amide bonds. The highest BCUT2D eigenvalue weighted by atomic mass is 19.1. The number of hydrogen-bond donors (Lipinski definition) is 1. The fourth-order valence-corrected chi connectivity index (χ4v) is 3.88. The van der Waals surface area contributed by atoms with Gasteiger partial charge in [0.15, 0.2) is 5.82 Å².